The van der Waals surface area contributed by atoms with Crippen LogP contribution in [0.2, 0.25) is 5.02 Å². The summed E-state index contributed by atoms with van der Waals surface area (Å²) in [6.07, 6.45) is 1.81. The van der Waals surface area contributed by atoms with E-state index < -0.39 is 0 Å². The number of fused-ring (bicyclic) bond motifs is 2. The molecule has 0 saturated carbocycles. The Morgan fingerprint density at radius 2 is 1.83 bits per heavy atom. The summed E-state index contributed by atoms with van der Waals surface area (Å²) in [5.41, 5.74) is 1.90. The number of rotatable bonds is 4. The molecule has 118 valence electrons. The van der Waals surface area contributed by atoms with Gasteiger partial charge in [0.05, 0.1) is 23.9 Å². The topological polar surface area (TPSA) is 45.5 Å². The first-order chi connectivity index (χ1) is 11.3. The van der Waals surface area contributed by atoms with Crippen LogP contribution >= 0.6 is 11.6 Å². The molecule has 0 aliphatic carbocycles. The minimum absolute atomic E-state index is 0.543. The fourth-order valence-corrected chi connectivity index (χ4v) is 2.69. The van der Waals surface area contributed by atoms with Gasteiger partial charge in [0.2, 0.25) is 0 Å². The number of hydrogen-bond acceptors (Lipinski definition) is 4. The van der Waals surface area contributed by atoms with Crippen molar-refractivity contribution >= 4 is 22.6 Å². The molecule has 1 aliphatic heterocycles. The van der Waals surface area contributed by atoms with Crippen molar-refractivity contribution in [1.82, 2.24) is 9.55 Å². The van der Waals surface area contributed by atoms with Gasteiger partial charge < -0.3 is 18.8 Å². The fourth-order valence-electron chi connectivity index (χ4n) is 2.57. The summed E-state index contributed by atoms with van der Waals surface area (Å²) in [7, 11) is 0. The second-order valence-corrected chi connectivity index (χ2v) is 5.66. The quantitative estimate of drug-likeness (QED) is 0.734. The van der Waals surface area contributed by atoms with Crippen LogP contribution < -0.4 is 14.2 Å². The average Bonchev–Trinajstić information content (AvgIpc) is 2.97. The second-order valence-electron chi connectivity index (χ2n) is 5.22. The van der Waals surface area contributed by atoms with Gasteiger partial charge in [0.25, 0.3) is 0 Å². The smallest absolute Gasteiger partial charge is 0.163 e. The third-order valence-electron chi connectivity index (χ3n) is 3.70. The zero-order valence-electron chi connectivity index (χ0n) is 12.4. The van der Waals surface area contributed by atoms with Crippen LogP contribution in [0.15, 0.2) is 42.7 Å². The molecule has 2 aromatic carbocycles. The van der Waals surface area contributed by atoms with Crippen LogP contribution in [-0.4, -0.2) is 29.4 Å². The predicted octanol–water partition coefficient (Wildman–Crippen LogP) is 3.54. The first kappa shape index (κ1) is 14.2. The lowest BCUT2D eigenvalue weighted by Crippen LogP contribution is -2.15. The average molecular weight is 331 g/mol. The van der Waals surface area contributed by atoms with E-state index in [-0.39, 0.29) is 0 Å². The zero-order chi connectivity index (χ0) is 15.6. The van der Waals surface area contributed by atoms with Gasteiger partial charge in [-0.1, -0.05) is 11.6 Å². The third-order valence-corrected chi connectivity index (χ3v) is 3.95. The molecule has 6 heteroatoms. The Labute approximate surface area is 138 Å². The van der Waals surface area contributed by atoms with Crippen molar-refractivity contribution in [1.29, 1.82) is 0 Å². The summed E-state index contributed by atoms with van der Waals surface area (Å²) >= 11 is 5.86. The molecule has 0 spiro atoms. The highest BCUT2D eigenvalue weighted by Gasteiger charge is 2.15. The fraction of sp³-hybridized carbons (Fsp3) is 0.235. The Hall–Kier alpha value is -2.40. The van der Waals surface area contributed by atoms with Crippen molar-refractivity contribution < 1.29 is 14.2 Å². The number of hydrogen-bond donors (Lipinski definition) is 0. The first-order valence-electron chi connectivity index (χ1n) is 7.42. The van der Waals surface area contributed by atoms with E-state index in [2.05, 4.69) is 4.98 Å². The lowest BCUT2D eigenvalue weighted by atomic mass is 10.2. The Kier molecular flexibility index (Phi) is 3.71. The minimum atomic E-state index is 0.543. The Morgan fingerprint density at radius 3 is 2.61 bits per heavy atom. The minimum Gasteiger partial charge on any atom is -0.492 e. The van der Waals surface area contributed by atoms with Crippen molar-refractivity contribution in [2.45, 2.75) is 6.54 Å². The summed E-state index contributed by atoms with van der Waals surface area (Å²) < 4.78 is 19.0. The van der Waals surface area contributed by atoms with E-state index in [1.807, 2.05) is 41.0 Å². The summed E-state index contributed by atoms with van der Waals surface area (Å²) in [5.74, 6) is 2.32. The summed E-state index contributed by atoms with van der Waals surface area (Å²) in [6.45, 7) is 2.39. The SMILES string of the molecule is Clc1ccc(OCCn2cnc3cc4c(cc32)OCCO4)cc1. The molecule has 0 unspecified atom stereocenters. The largest absolute Gasteiger partial charge is 0.492 e. The summed E-state index contributed by atoms with van der Waals surface area (Å²) in [5, 5.41) is 0.699. The molecule has 4 rings (SSSR count). The first-order valence-corrected chi connectivity index (χ1v) is 7.80. The lowest BCUT2D eigenvalue weighted by molar-refractivity contribution is 0.172. The number of aromatic nitrogens is 2. The van der Waals surface area contributed by atoms with Gasteiger partial charge in [-0.25, -0.2) is 4.98 Å². The van der Waals surface area contributed by atoms with Crippen LogP contribution in [0.1, 0.15) is 0 Å². The molecule has 1 aliphatic rings. The van der Waals surface area contributed by atoms with Crippen molar-refractivity contribution in [2.75, 3.05) is 19.8 Å². The van der Waals surface area contributed by atoms with E-state index >= 15 is 0 Å². The standard InChI is InChI=1S/C17H15ClN2O3/c18-12-1-3-13(4-2-12)21-6-5-20-11-19-14-9-16-17(10-15(14)20)23-8-7-22-16/h1-4,9-11H,5-8H2. The molecule has 0 fully saturated rings. The van der Waals surface area contributed by atoms with Crippen molar-refractivity contribution in [3.05, 3.63) is 47.7 Å². The molecule has 0 bridgehead atoms. The highest BCUT2D eigenvalue weighted by molar-refractivity contribution is 6.30. The number of benzene rings is 2. The Balaban J connectivity index is 1.49. The Bertz CT molecular complexity index is 830. The number of imidazole rings is 1. The number of halogens is 1. The molecule has 0 atom stereocenters. The van der Waals surface area contributed by atoms with E-state index in [1.54, 1.807) is 6.33 Å². The maximum atomic E-state index is 5.86. The zero-order valence-corrected chi connectivity index (χ0v) is 13.1. The van der Waals surface area contributed by atoms with Crippen LogP contribution in [0.3, 0.4) is 0 Å². The summed E-state index contributed by atoms with van der Waals surface area (Å²) in [4.78, 5) is 4.42. The maximum absolute atomic E-state index is 5.86. The highest BCUT2D eigenvalue weighted by Crippen LogP contribution is 2.34. The molecule has 5 nitrogen and oxygen atoms in total. The van der Waals surface area contributed by atoms with Gasteiger partial charge in [-0.05, 0) is 24.3 Å². The van der Waals surface area contributed by atoms with Gasteiger partial charge in [0.15, 0.2) is 11.5 Å². The van der Waals surface area contributed by atoms with Crippen molar-refractivity contribution in [3.8, 4) is 17.2 Å². The Morgan fingerprint density at radius 1 is 1.09 bits per heavy atom. The van der Waals surface area contributed by atoms with Crippen LogP contribution in [-0.2, 0) is 6.54 Å². The number of ether oxygens (including phenoxy) is 3. The van der Waals surface area contributed by atoms with E-state index in [1.165, 1.54) is 0 Å². The third kappa shape index (κ3) is 2.92. The van der Waals surface area contributed by atoms with E-state index in [9.17, 15) is 0 Å². The van der Waals surface area contributed by atoms with Crippen LogP contribution in [0, 0.1) is 0 Å². The van der Waals surface area contributed by atoms with Crippen LogP contribution in [0.25, 0.3) is 11.0 Å². The molecule has 23 heavy (non-hydrogen) atoms. The van der Waals surface area contributed by atoms with Crippen molar-refractivity contribution in [3.63, 3.8) is 0 Å². The second kappa shape index (κ2) is 6.01. The van der Waals surface area contributed by atoms with Gasteiger partial charge in [0, 0.05) is 17.2 Å². The molecule has 1 aromatic heterocycles. The number of nitrogens with zero attached hydrogens (tertiary/aromatic N) is 2. The molecular weight excluding hydrogens is 316 g/mol. The lowest BCUT2D eigenvalue weighted by Gasteiger charge is -2.18. The molecule has 0 radical (unpaired) electrons. The highest BCUT2D eigenvalue weighted by atomic mass is 35.5. The van der Waals surface area contributed by atoms with Crippen molar-refractivity contribution in [2.24, 2.45) is 0 Å². The van der Waals surface area contributed by atoms with Gasteiger partial charge >= 0.3 is 0 Å². The molecule has 3 aromatic rings. The molecule has 0 N–H and O–H groups in total. The van der Waals surface area contributed by atoms with Crippen LogP contribution in [0.5, 0.6) is 17.2 Å². The maximum Gasteiger partial charge on any atom is 0.163 e. The predicted molar refractivity (Wildman–Crippen MR) is 87.7 cm³/mol. The van der Waals surface area contributed by atoms with Crippen LogP contribution in [0.4, 0.5) is 0 Å². The molecule has 0 saturated heterocycles. The van der Waals surface area contributed by atoms with Gasteiger partial charge in [-0.2, -0.15) is 0 Å². The summed E-state index contributed by atoms with van der Waals surface area (Å²) in [6, 6.07) is 11.2. The van der Waals surface area contributed by atoms with Gasteiger partial charge in [-0.3, -0.25) is 0 Å². The van der Waals surface area contributed by atoms with Gasteiger partial charge in [0.1, 0.15) is 25.6 Å². The molecular formula is C17H15ClN2O3. The van der Waals surface area contributed by atoms with E-state index in [0.29, 0.717) is 31.4 Å². The monoisotopic (exact) mass is 330 g/mol. The normalized spacial score (nSPS) is 13.3. The molecule has 2 heterocycles. The van der Waals surface area contributed by atoms with E-state index in [4.69, 9.17) is 25.8 Å². The molecule has 0 amide bonds. The van der Waals surface area contributed by atoms with E-state index in [0.717, 1.165) is 28.3 Å². The van der Waals surface area contributed by atoms with Gasteiger partial charge in [-0.15, -0.1) is 0 Å².